The third-order valence-corrected chi connectivity index (χ3v) is 2.19. The lowest BCUT2D eigenvalue weighted by Crippen LogP contribution is -2.10. The third-order valence-electron chi connectivity index (χ3n) is 2.19. The van der Waals surface area contributed by atoms with Crippen LogP contribution in [0.25, 0.3) is 6.08 Å². The fraction of sp³-hybridized carbons (Fsp3) is 0.143. The normalized spacial score (nSPS) is 10.2. The van der Waals surface area contributed by atoms with Crippen LogP contribution in [0.1, 0.15) is 18.4 Å². The predicted molar refractivity (Wildman–Crippen MR) is 71.2 cm³/mol. The summed E-state index contributed by atoms with van der Waals surface area (Å²) >= 11 is 0. The molecule has 0 saturated heterocycles. The number of carbonyl (C=O) groups excluding carboxylic acids is 1. The Morgan fingerprint density at radius 3 is 2.50 bits per heavy atom. The van der Waals surface area contributed by atoms with Gasteiger partial charge >= 0.3 is 5.97 Å². The molecular weight excluding hydrogens is 230 g/mol. The summed E-state index contributed by atoms with van der Waals surface area (Å²) in [4.78, 5) is 21.8. The Morgan fingerprint density at radius 2 is 1.94 bits per heavy atom. The lowest BCUT2D eigenvalue weighted by atomic mass is 10.2. The molecule has 0 aliphatic carbocycles. The third kappa shape index (κ3) is 5.12. The number of benzene rings is 1. The van der Waals surface area contributed by atoms with E-state index in [4.69, 9.17) is 5.11 Å². The number of allylic oxidation sites excluding steroid dienone is 1. The van der Waals surface area contributed by atoms with Crippen molar-refractivity contribution in [3.63, 3.8) is 0 Å². The van der Waals surface area contributed by atoms with Crippen molar-refractivity contribution in [1.29, 1.82) is 0 Å². The molecular formula is C14H15NO3. The highest BCUT2D eigenvalue weighted by Crippen LogP contribution is 2.11. The van der Waals surface area contributed by atoms with Crippen LogP contribution >= 0.6 is 0 Å². The van der Waals surface area contributed by atoms with Gasteiger partial charge in [0.05, 0.1) is 0 Å². The summed E-state index contributed by atoms with van der Waals surface area (Å²) in [7, 11) is 0. The van der Waals surface area contributed by atoms with Crippen LogP contribution in [0.3, 0.4) is 0 Å². The summed E-state index contributed by atoms with van der Waals surface area (Å²) in [6.07, 6.45) is 5.30. The van der Waals surface area contributed by atoms with Gasteiger partial charge in [0, 0.05) is 18.2 Å². The predicted octanol–water partition coefficient (Wildman–Crippen LogP) is 2.69. The maximum atomic E-state index is 11.4. The van der Waals surface area contributed by atoms with E-state index in [0.717, 1.165) is 11.6 Å². The minimum absolute atomic E-state index is 0.0660. The first-order valence-electron chi connectivity index (χ1n) is 5.53. The molecule has 1 aromatic carbocycles. The molecule has 94 valence electrons. The van der Waals surface area contributed by atoms with E-state index in [1.807, 2.05) is 0 Å². The summed E-state index contributed by atoms with van der Waals surface area (Å²) in [5.74, 6) is -1.06. The van der Waals surface area contributed by atoms with Gasteiger partial charge in [0.1, 0.15) is 0 Å². The molecule has 0 aliphatic heterocycles. The SMILES string of the molecule is C=CCCC(=O)Nc1ccc(/C=C\C(=O)O)cc1. The smallest absolute Gasteiger partial charge is 0.328 e. The number of amides is 1. The van der Waals surface area contributed by atoms with E-state index in [1.54, 1.807) is 30.3 Å². The molecule has 0 fully saturated rings. The van der Waals surface area contributed by atoms with Crippen LogP contribution in [0, 0.1) is 0 Å². The molecule has 0 saturated carbocycles. The van der Waals surface area contributed by atoms with Gasteiger partial charge in [-0.3, -0.25) is 4.79 Å². The van der Waals surface area contributed by atoms with E-state index in [0.29, 0.717) is 18.5 Å². The fourth-order valence-electron chi connectivity index (χ4n) is 1.30. The maximum Gasteiger partial charge on any atom is 0.328 e. The minimum atomic E-state index is -0.989. The number of carboxylic acids is 1. The van der Waals surface area contributed by atoms with Crippen molar-refractivity contribution < 1.29 is 14.7 Å². The zero-order valence-electron chi connectivity index (χ0n) is 9.93. The lowest BCUT2D eigenvalue weighted by Gasteiger charge is -2.04. The second kappa shape index (κ2) is 7.06. The molecule has 18 heavy (non-hydrogen) atoms. The van der Waals surface area contributed by atoms with Crippen LogP contribution in [-0.4, -0.2) is 17.0 Å². The van der Waals surface area contributed by atoms with E-state index in [-0.39, 0.29) is 5.91 Å². The Bertz CT molecular complexity index is 460. The van der Waals surface area contributed by atoms with E-state index in [1.165, 1.54) is 6.08 Å². The minimum Gasteiger partial charge on any atom is -0.478 e. The van der Waals surface area contributed by atoms with Gasteiger partial charge in [-0.05, 0) is 30.2 Å². The number of carbonyl (C=O) groups is 2. The van der Waals surface area contributed by atoms with Crippen molar-refractivity contribution in [2.75, 3.05) is 5.32 Å². The summed E-state index contributed by atoms with van der Waals surface area (Å²) < 4.78 is 0. The maximum absolute atomic E-state index is 11.4. The molecule has 2 N–H and O–H groups in total. The van der Waals surface area contributed by atoms with E-state index < -0.39 is 5.97 Å². The lowest BCUT2D eigenvalue weighted by molar-refractivity contribution is -0.131. The summed E-state index contributed by atoms with van der Waals surface area (Å²) in [5, 5.41) is 11.2. The van der Waals surface area contributed by atoms with Gasteiger partial charge in [-0.15, -0.1) is 6.58 Å². The fourth-order valence-corrected chi connectivity index (χ4v) is 1.30. The summed E-state index contributed by atoms with van der Waals surface area (Å²) in [6.45, 7) is 3.55. The highest BCUT2D eigenvalue weighted by Gasteiger charge is 2.00. The quantitative estimate of drug-likeness (QED) is 0.598. The Hall–Kier alpha value is -2.36. The monoisotopic (exact) mass is 245 g/mol. The molecule has 0 bridgehead atoms. The number of aliphatic carboxylic acids is 1. The zero-order valence-corrected chi connectivity index (χ0v) is 9.93. The molecule has 0 spiro atoms. The molecule has 4 nitrogen and oxygen atoms in total. The Labute approximate surface area is 106 Å². The van der Waals surface area contributed by atoms with Crippen molar-refractivity contribution in [3.8, 4) is 0 Å². The van der Waals surface area contributed by atoms with Crippen molar-refractivity contribution in [2.24, 2.45) is 0 Å². The first-order valence-corrected chi connectivity index (χ1v) is 5.53. The average molecular weight is 245 g/mol. The van der Waals surface area contributed by atoms with Crippen LogP contribution in [0.4, 0.5) is 5.69 Å². The van der Waals surface area contributed by atoms with Crippen LogP contribution in [0.2, 0.25) is 0 Å². The van der Waals surface area contributed by atoms with Crippen molar-refractivity contribution in [1.82, 2.24) is 0 Å². The number of anilines is 1. The molecule has 0 radical (unpaired) electrons. The zero-order chi connectivity index (χ0) is 13.4. The summed E-state index contributed by atoms with van der Waals surface area (Å²) in [6, 6.07) is 6.94. The molecule has 0 aromatic heterocycles. The molecule has 0 heterocycles. The van der Waals surface area contributed by atoms with Crippen LogP contribution in [0.5, 0.6) is 0 Å². The Kier molecular flexibility index (Phi) is 5.38. The molecule has 1 amide bonds. The number of hydrogen-bond acceptors (Lipinski definition) is 2. The van der Waals surface area contributed by atoms with E-state index in [2.05, 4.69) is 11.9 Å². The standard InChI is InChI=1S/C14H15NO3/c1-2-3-4-13(16)15-12-8-5-11(6-9-12)7-10-14(17)18/h2,5-10H,1,3-4H2,(H,15,16)(H,17,18)/b10-7-. The Balaban J connectivity index is 2.57. The van der Waals surface area contributed by atoms with Crippen molar-refractivity contribution in [2.45, 2.75) is 12.8 Å². The average Bonchev–Trinajstić information content (AvgIpc) is 2.35. The first kappa shape index (κ1) is 13.7. The molecule has 0 aliphatic rings. The topological polar surface area (TPSA) is 66.4 Å². The van der Waals surface area contributed by atoms with Crippen molar-refractivity contribution >= 4 is 23.6 Å². The van der Waals surface area contributed by atoms with Gasteiger partial charge in [0.25, 0.3) is 0 Å². The second-order valence-electron chi connectivity index (χ2n) is 3.67. The largest absolute Gasteiger partial charge is 0.478 e. The first-order chi connectivity index (χ1) is 8.61. The van der Waals surface area contributed by atoms with Gasteiger partial charge in [-0.2, -0.15) is 0 Å². The number of nitrogens with one attached hydrogen (secondary N) is 1. The molecule has 4 heteroatoms. The highest BCUT2D eigenvalue weighted by atomic mass is 16.4. The van der Waals surface area contributed by atoms with Gasteiger partial charge in [0.15, 0.2) is 0 Å². The van der Waals surface area contributed by atoms with Crippen LogP contribution in [0.15, 0.2) is 43.0 Å². The number of carboxylic acid groups (broad SMARTS) is 1. The number of hydrogen-bond donors (Lipinski definition) is 2. The van der Waals surface area contributed by atoms with Crippen LogP contribution in [-0.2, 0) is 9.59 Å². The van der Waals surface area contributed by atoms with Crippen molar-refractivity contribution in [3.05, 3.63) is 48.6 Å². The molecule has 0 atom stereocenters. The highest BCUT2D eigenvalue weighted by molar-refractivity contribution is 5.91. The molecule has 1 rings (SSSR count). The molecule has 0 unspecified atom stereocenters. The van der Waals surface area contributed by atoms with E-state index >= 15 is 0 Å². The summed E-state index contributed by atoms with van der Waals surface area (Å²) in [5.41, 5.74) is 1.46. The second-order valence-corrected chi connectivity index (χ2v) is 3.67. The van der Waals surface area contributed by atoms with Gasteiger partial charge < -0.3 is 10.4 Å². The van der Waals surface area contributed by atoms with Gasteiger partial charge in [-0.1, -0.05) is 18.2 Å². The molecule has 1 aromatic rings. The van der Waals surface area contributed by atoms with Crippen LogP contribution < -0.4 is 5.32 Å². The number of rotatable bonds is 6. The van der Waals surface area contributed by atoms with Gasteiger partial charge in [0.2, 0.25) is 5.91 Å². The van der Waals surface area contributed by atoms with Gasteiger partial charge in [-0.25, -0.2) is 4.79 Å². The Morgan fingerprint density at radius 1 is 1.28 bits per heavy atom. The van der Waals surface area contributed by atoms with E-state index in [9.17, 15) is 9.59 Å².